The van der Waals surface area contributed by atoms with Gasteiger partial charge in [-0.2, -0.15) is 0 Å². The molecule has 0 bridgehead atoms. The highest BCUT2D eigenvalue weighted by molar-refractivity contribution is 8.00. The second kappa shape index (κ2) is 11.0. The zero-order valence-electron chi connectivity index (χ0n) is 18.5. The first-order chi connectivity index (χ1) is 15.2. The smallest absolute Gasteiger partial charge is 0.185 e. The first-order valence-electron chi connectivity index (χ1n) is 11.2. The number of aromatic nitrogens is 1. The van der Waals surface area contributed by atoms with Crippen molar-refractivity contribution < 1.29 is 0 Å². The summed E-state index contributed by atoms with van der Waals surface area (Å²) in [6, 6.07) is 17.5. The van der Waals surface area contributed by atoms with Gasteiger partial charge in [-0.15, -0.1) is 11.3 Å². The fraction of sp³-hybridized carbons (Fsp3) is 0.400. The van der Waals surface area contributed by atoms with Crippen LogP contribution in [-0.4, -0.2) is 43.1 Å². The van der Waals surface area contributed by atoms with Crippen LogP contribution in [-0.2, 0) is 6.42 Å². The van der Waals surface area contributed by atoms with E-state index in [9.17, 15) is 0 Å². The average molecular weight is 453 g/mol. The van der Waals surface area contributed by atoms with Crippen LogP contribution >= 0.6 is 23.3 Å². The molecule has 31 heavy (non-hydrogen) atoms. The summed E-state index contributed by atoms with van der Waals surface area (Å²) in [5, 5.41) is 3.31. The molecule has 0 spiro atoms. The van der Waals surface area contributed by atoms with E-state index in [-0.39, 0.29) is 0 Å². The molecule has 0 radical (unpaired) electrons. The van der Waals surface area contributed by atoms with E-state index in [1.807, 2.05) is 0 Å². The topological polar surface area (TPSA) is 31.4 Å². The Bertz CT molecular complexity index is 946. The van der Waals surface area contributed by atoms with E-state index in [0.29, 0.717) is 0 Å². The minimum absolute atomic E-state index is 1.05. The molecule has 1 saturated heterocycles. The third-order valence-corrected chi connectivity index (χ3v) is 7.45. The predicted octanol–water partition coefficient (Wildman–Crippen LogP) is 6.41. The van der Waals surface area contributed by atoms with Gasteiger partial charge < -0.3 is 14.5 Å². The number of piperazine rings is 1. The highest BCUT2D eigenvalue weighted by Gasteiger charge is 2.17. The van der Waals surface area contributed by atoms with Gasteiger partial charge in [0.1, 0.15) is 0 Å². The second-order valence-corrected chi connectivity index (χ2v) is 9.91. The van der Waals surface area contributed by atoms with E-state index in [2.05, 4.69) is 82.4 Å². The van der Waals surface area contributed by atoms with Crippen molar-refractivity contribution in [2.45, 2.75) is 37.5 Å². The largest absolute Gasteiger partial charge is 0.346 e. The first-order valence-corrected chi connectivity index (χ1v) is 12.9. The Labute approximate surface area is 194 Å². The van der Waals surface area contributed by atoms with Gasteiger partial charge in [0.25, 0.3) is 0 Å². The van der Waals surface area contributed by atoms with Gasteiger partial charge in [0.15, 0.2) is 5.13 Å². The van der Waals surface area contributed by atoms with Crippen LogP contribution in [0.2, 0.25) is 0 Å². The Morgan fingerprint density at radius 3 is 2.61 bits per heavy atom. The van der Waals surface area contributed by atoms with Gasteiger partial charge in [0.05, 0.1) is 5.69 Å². The lowest BCUT2D eigenvalue weighted by atomic mass is 10.1. The van der Waals surface area contributed by atoms with Crippen LogP contribution < -0.4 is 9.62 Å². The number of aryl methyl sites for hydroxylation is 1. The summed E-state index contributed by atoms with van der Waals surface area (Å²) in [5.41, 5.74) is 4.75. The highest BCUT2D eigenvalue weighted by Crippen LogP contribution is 2.30. The standard InChI is InChI=1S/C25H32N4S2/c1-3-4-5-7-20-10-12-23(13-11-20)31-27-22-9-6-8-21(18-22)24-19-30-25(26-24)29-16-14-28(2)15-17-29/h6,8-13,18-19,27H,3-5,7,14-17H2,1-2H3. The fourth-order valence-corrected chi connectivity index (χ4v) is 5.23. The summed E-state index contributed by atoms with van der Waals surface area (Å²) in [4.78, 5) is 10.9. The molecule has 1 aliphatic rings. The number of thiazole rings is 1. The van der Waals surface area contributed by atoms with E-state index in [0.717, 1.165) is 48.3 Å². The van der Waals surface area contributed by atoms with Crippen LogP contribution in [0.15, 0.2) is 58.8 Å². The van der Waals surface area contributed by atoms with Crippen molar-refractivity contribution in [3.8, 4) is 11.3 Å². The Morgan fingerprint density at radius 1 is 1.03 bits per heavy atom. The predicted molar refractivity (Wildman–Crippen MR) is 136 cm³/mol. The molecule has 6 heteroatoms. The van der Waals surface area contributed by atoms with E-state index in [4.69, 9.17) is 4.98 Å². The van der Waals surface area contributed by atoms with Crippen LogP contribution in [0.5, 0.6) is 0 Å². The number of unbranched alkanes of at least 4 members (excludes halogenated alkanes) is 2. The number of rotatable bonds is 9. The monoisotopic (exact) mass is 452 g/mol. The third-order valence-electron chi connectivity index (χ3n) is 5.70. The lowest BCUT2D eigenvalue weighted by molar-refractivity contribution is 0.313. The summed E-state index contributed by atoms with van der Waals surface area (Å²) < 4.78 is 3.49. The average Bonchev–Trinajstić information content (AvgIpc) is 3.30. The van der Waals surface area contributed by atoms with E-state index >= 15 is 0 Å². The molecule has 3 aromatic rings. The third kappa shape index (κ3) is 6.25. The molecule has 4 nitrogen and oxygen atoms in total. The molecule has 2 aromatic carbocycles. The highest BCUT2D eigenvalue weighted by atomic mass is 32.2. The molecule has 1 fully saturated rings. The van der Waals surface area contributed by atoms with Crippen LogP contribution in [0.3, 0.4) is 0 Å². The first kappa shape index (κ1) is 22.2. The Morgan fingerprint density at radius 2 is 1.84 bits per heavy atom. The summed E-state index contributed by atoms with van der Waals surface area (Å²) in [6.45, 7) is 6.57. The minimum atomic E-state index is 1.05. The van der Waals surface area contributed by atoms with E-state index in [1.165, 1.54) is 36.1 Å². The van der Waals surface area contributed by atoms with Crippen molar-refractivity contribution >= 4 is 34.1 Å². The summed E-state index contributed by atoms with van der Waals surface area (Å²) >= 11 is 3.41. The fourth-order valence-electron chi connectivity index (χ4n) is 3.70. The normalized spacial score (nSPS) is 14.7. The van der Waals surface area contributed by atoms with Crippen molar-refractivity contribution in [3.05, 3.63) is 59.5 Å². The number of nitrogens with zero attached hydrogens (tertiary/aromatic N) is 3. The maximum atomic E-state index is 4.92. The number of anilines is 2. The van der Waals surface area contributed by atoms with Crippen molar-refractivity contribution in [3.63, 3.8) is 0 Å². The molecule has 0 amide bonds. The van der Waals surface area contributed by atoms with Crippen molar-refractivity contribution in [2.24, 2.45) is 0 Å². The van der Waals surface area contributed by atoms with Gasteiger partial charge in [-0.1, -0.05) is 44.0 Å². The van der Waals surface area contributed by atoms with Crippen molar-refractivity contribution in [1.82, 2.24) is 9.88 Å². The molecule has 0 atom stereocenters. The number of likely N-dealkylation sites (N-methyl/N-ethyl adjacent to an activating group) is 1. The molecule has 4 rings (SSSR count). The van der Waals surface area contributed by atoms with Gasteiger partial charge in [0, 0.05) is 47.7 Å². The molecule has 1 aliphatic heterocycles. The zero-order valence-corrected chi connectivity index (χ0v) is 20.1. The molecular weight excluding hydrogens is 420 g/mol. The number of nitrogens with one attached hydrogen (secondary N) is 1. The SMILES string of the molecule is CCCCCc1ccc(SNc2cccc(-c3csc(N4CCN(C)CC4)n3)c2)cc1. The molecular formula is C25H32N4S2. The number of hydrogen-bond donors (Lipinski definition) is 1. The lowest BCUT2D eigenvalue weighted by Gasteiger charge is -2.32. The van der Waals surface area contributed by atoms with Crippen molar-refractivity contribution in [2.75, 3.05) is 42.8 Å². The Hall–Kier alpha value is -2.02. The maximum Gasteiger partial charge on any atom is 0.185 e. The number of benzene rings is 2. The van der Waals surface area contributed by atoms with Gasteiger partial charge in [0.2, 0.25) is 0 Å². The second-order valence-electron chi connectivity index (χ2n) is 8.19. The van der Waals surface area contributed by atoms with Crippen LogP contribution in [0, 0.1) is 0 Å². The summed E-state index contributed by atoms with van der Waals surface area (Å²) in [7, 11) is 2.18. The summed E-state index contributed by atoms with van der Waals surface area (Å²) in [5.74, 6) is 0. The van der Waals surface area contributed by atoms with Gasteiger partial charge in [-0.3, -0.25) is 0 Å². The lowest BCUT2D eigenvalue weighted by Crippen LogP contribution is -2.44. The Kier molecular flexibility index (Phi) is 7.89. The van der Waals surface area contributed by atoms with E-state index in [1.54, 1.807) is 23.3 Å². The minimum Gasteiger partial charge on any atom is -0.346 e. The molecule has 0 aliphatic carbocycles. The van der Waals surface area contributed by atoms with Crippen molar-refractivity contribution in [1.29, 1.82) is 0 Å². The maximum absolute atomic E-state index is 4.92. The molecule has 0 saturated carbocycles. The quantitative estimate of drug-likeness (QED) is 0.299. The molecule has 1 N–H and O–H groups in total. The van der Waals surface area contributed by atoms with Gasteiger partial charge in [-0.25, -0.2) is 4.98 Å². The van der Waals surface area contributed by atoms with Gasteiger partial charge in [-0.05, 0) is 61.7 Å². The Balaban J connectivity index is 1.34. The molecule has 1 aromatic heterocycles. The molecule has 0 unspecified atom stereocenters. The molecule has 2 heterocycles. The van der Waals surface area contributed by atoms with Gasteiger partial charge >= 0.3 is 0 Å². The van der Waals surface area contributed by atoms with E-state index < -0.39 is 0 Å². The summed E-state index contributed by atoms with van der Waals surface area (Å²) in [6.07, 6.45) is 5.04. The van der Waals surface area contributed by atoms with Crippen LogP contribution in [0.1, 0.15) is 31.7 Å². The zero-order chi connectivity index (χ0) is 21.5. The molecule has 164 valence electrons. The van der Waals surface area contributed by atoms with Crippen LogP contribution in [0.25, 0.3) is 11.3 Å². The van der Waals surface area contributed by atoms with Crippen LogP contribution in [0.4, 0.5) is 10.8 Å². The number of hydrogen-bond acceptors (Lipinski definition) is 6.